The van der Waals surface area contributed by atoms with Crippen LogP contribution in [0.25, 0.3) is 0 Å². The zero-order chi connectivity index (χ0) is 14.1. The van der Waals surface area contributed by atoms with Crippen LogP contribution in [0.3, 0.4) is 0 Å². The van der Waals surface area contributed by atoms with Crippen LogP contribution >= 0.6 is 0 Å². The summed E-state index contributed by atoms with van der Waals surface area (Å²) < 4.78 is 5.06. The summed E-state index contributed by atoms with van der Waals surface area (Å²) in [4.78, 5) is 11.5. The Bertz CT molecular complexity index is 367. The van der Waals surface area contributed by atoms with Crippen molar-refractivity contribution in [1.82, 2.24) is 5.32 Å². The van der Waals surface area contributed by atoms with Crippen molar-refractivity contribution in [1.29, 1.82) is 0 Å². The number of alkyl carbamates (subject to hydrolysis) is 1. The number of aliphatic hydroxyl groups excluding tert-OH is 1. The SMILES string of the molecule is CCC[C@@H](C)[C@H](O)CNC(=O)OCc1ccccc1. The molecule has 1 aromatic carbocycles. The average Bonchev–Trinajstić information content (AvgIpc) is 2.43. The number of hydrogen-bond donors (Lipinski definition) is 2. The molecule has 0 aliphatic rings. The lowest BCUT2D eigenvalue weighted by molar-refractivity contribution is 0.0978. The molecule has 0 saturated carbocycles. The molecule has 0 aliphatic carbocycles. The zero-order valence-corrected chi connectivity index (χ0v) is 11.6. The summed E-state index contributed by atoms with van der Waals surface area (Å²) in [6.45, 7) is 4.53. The Morgan fingerprint density at radius 3 is 2.68 bits per heavy atom. The summed E-state index contributed by atoms with van der Waals surface area (Å²) in [5.41, 5.74) is 0.942. The maximum Gasteiger partial charge on any atom is 0.407 e. The first kappa shape index (κ1) is 15.5. The molecule has 2 atom stereocenters. The molecule has 0 aliphatic heterocycles. The van der Waals surface area contributed by atoms with Crippen LogP contribution in [-0.4, -0.2) is 23.8 Å². The van der Waals surface area contributed by atoms with Gasteiger partial charge in [-0.1, -0.05) is 50.6 Å². The molecule has 4 heteroatoms. The molecule has 0 aromatic heterocycles. The zero-order valence-electron chi connectivity index (χ0n) is 11.6. The van der Waals surface area contributed by atoms with Gasteiger partial charge in [-0.25, -0.2) is 4.79 Å². The molecule has 0 bridgehead atoms. The second-order valence-corrected chi connectivity index (χ2v) is 4.78. The fourth-order valence-corrected chi connectivity index (χ4v) is 1.81. The number of amides is 1. The van der Waals surface area contributed by atoms with Crippen molar-refractivity contribution in [3.05, 3.63) is 35.9 Å². The van der Waals surface area contributed by atoms with E-state index in [1.807, 2.05) is 37.3 Å². The number of carbonyl (C=O) groups is 1. The summed E-state index contributed by atoms with van der Waals surface area (Å²) in [6, 6.07) is 9.49. The molecule has 19 heavy (non-hydrogen) atoms. The van der Waals surface area contributed by atoms with Gasteiger partial charge in [0, 0.05) is 6.54 Å². The molecule has 2 N–H and O–H groups in total. The molecule has 0 fully saturated rings. The fraction of sp³-hybridized carbons (Fsp3) is 0.533. The number of hydrogen-bond acceptors (Lipinski definition) is 3. The number of benzene rings is 1. The number of rotatable bonds is 7. The minimum atomic E-state index is -0.524. The van der Waals surface area contributed by atoms with Crippen LogP contribution in [0.2, 0.25) is 0 Å². The minimum absolute atomic E-state index is 0.180. The van der Waals surface area contributed by atoms with Crippen LogP contribution in [0, 0.1) is 5.92 Å². The van der Waals surface area contributed by atoms with Gasteiger partial charge in [0.2, 0.25) is 0 Å². The van der Waals surface area contributed by atoms with Crippen LogP contribution < -0.4 is 5.32 Å². The van der Waals surface area contributed by atoms with E-state index in [2.05, 4.69) is 12.2 Å². The summed E-state index contributed by atoms with van der Waals surface area (Å²) in [5.74, 6) is 0.180. The van der Waals surface area contributed by atoms with Crippen molar-refractivity contribution in [3.8, 4) is 0 Å². The third kappa shape index (κ3) is 6.25. The van der Waals surface area contributed by atoms with Gasteiger partial charge in [-0.2, -0.15) is 0 Å². The van der Waals surface area contributed by atoms with Crippen molar-refractivity contribution in [2.75, 3.05) is 6.54 Å². The van der Waals surface area contributed by atoms with Crippen molar-refractivity contribution < 1.29 is 14.6 Å². The molecular formula is C15H23NO3. The normalized spacial score (nSPS) is 13.6. The summed E-state index contributed by atoms with van der Waals surface area (Å²) in [6.07, 6.45) is 0.953. The number of aliphatic hydroxyl groups is 1. The Morgan fingerprint density at radius 2 is 2.05 bits per heavy atom. The summed E-state index contributed by atoms with van der Waals surface area (Å²) in [7, 11) is 0. The van der Waals surface area contributed by atoms with E-state index in [1.54, 1.807) is 0 Å². The third-order valence-electron chi connectivity index (χ3n) is 3.07. The summed E-state index contributed by atoms with van der Waals surface area (Å²) >= 11 is 0. The predicted molar refractivity (Wildman–Crippen MR) is 74.7 cm³/mol. The molecule has 106 valence electrons. The average molecular weight is 265 g/mol. The van der Waals surface area contributed by atoms with Gasteiger partial charge in [0.15, 0.2) is 0 Å². The Hall–Kier alpha value is -1.55. The maximum absolute atomic E-state index is 11.5. The summed E-state index contributed by atoms with van der Waals surface area (Å²) in [5, 5.41) is 12.4. The van der Waals surface area contributed by atoms with Crippen LogP contribution in [-0.2, 0) is 11.3 Å². The standard InChI is InChI=1S/C15H23NO3/c1-3-7-12(2)14(17)10-16-15(18)19-11-13-8-5-4-6-9-13/h4-6,8-9,12,14,17H,3,7,10-11H2,1-2H3,(H,16,18)/t12-,14-/m1/s1. The number of nitrogens with one attached hydrogen (secondary N) is 1. The largest absolute Gasteiger partial charge is 0.445 e. The number of ether oxygens (including phenoxy) is 1. The molecule has 0 radical (unpaired) electrons. The molecule has 1 aromatic rings. The first-order valence-electron chi connectivity index (χ1n) is 6.76. The van der Waals surface area contributed by atoms with E-state index in [9.17, 15) is 9.90 Å². The van der Waals surface area contributed by atoms with Gasteiger partial charge in [-0.15, -0.1) is 0 Å². The first-order valence-corrected chi connectivity index (χ1v) is 6.76. The fourth-order valence-electron chi connectivity index (χ4n) is 1.81. The molecular weight excluding hydrogens is 242 g/mol. The van der Waals surface area contributed by atoms with E-state index in [-0.39, 0.29) is 19.1 Å². The smallest absolute Gasteiger partial charge is 0.407 e. The van der Waals surface area contributed by atoms with Crippen molar-refractivity contribution >= 4 is 6.09 Å². The second-order valence-electron chi connectivity index (χ2n) is 4.78. The van der Waals surface area contributed by atoms with E-state index in [1.165, 1.54) is 0 Å². The van der Waals surface area contributed by atoms with Gasteiger partial charge in [0.05, 0.1) is 6.10 Å². The molecule has 1 amide bonds. The van der Waals surface area contributed by atoms with Crippen molar-refractivity contribution in [3.63, 3.8) is 0 Å². The van der Waals surface area contributed by atoms with E-state index >= 15 is 0 Å². The minimum Gasteiger partial charge on any atom is -0.445 e. The van der Waals surface area contributed by atoms with Gasteiger partial charge in [-0.3, -0.25) is 0 Å². The first-order chi connectivity index (χ1) is 9.13. The van der Waals surface area contributed by atoms with Gasteiger partial charge in [0.1, 0.15) is 6.61 Å². The highest BCUT2D eigenvalue weighted by atomic mass is 16.5. The van der Waals surface area contributed by atoms with Gasteiger partial charge in [-0.05, 0) is 17.9 Å². The molecule has 1 rings (SSSR count). The molecule has 4 nitrogen and oxygen atoms in total. The topological polar surface area (TPSA) is 58.6 Å². The Kier molecular flexibility index (Phi) is 6.97. The van der Waals surface area contributed by atoms with Crippen LogP contribution in [0.4, 0.5) is 4.79 Å². The van der Waals surface area contributed by atoms with Crippen LogP contribution in [0.15, 0.2) is 30.3 Å². The molecule has 0 saturated heterocycles. The van der Waals surface area contributed by atoms with E-state index in [4.69, 9.17) is 4.74 Å². The highest BCUT2D eigenvalue weighted by Crippen LogP contribution is 2.09. The Labute approximate surface area is 114 Å². The van der Waals surface area contributed by atoms with E-state index in [0.717, 1.165) is 18.4 Å². The van der Waals surface area contributed by atoms with Crippen molar-refractivity contribution in [2.45, 2.75) is 39.4 Å². The van der Waals surface area contributed by atoms with E-state index in [0.29, 0.717) is 0 Å². The molecule has 0 heterocycles. The number of carbonyl (C=O) groups excluding carboxylic acids is 1. The lowest BCUT2D eigenvalue weighted by Gasteiger charge is -2.18. The quantitative estimate of drug-likeness (QED) is 0.797. The van der Waals surface area contributed by atoms with Gasteiger partial charge >= 0.3 is 6.09 Å². The monoisotopic (exact) mass is 265 g/mol. The van der Waals surface area contributed by atoms with E-state index < -0.39 is 12.2 Å². The highest BCUT2D eigenvalue weighted by Gasteiger charge is 2.14. The maximum atomic E-state index is 11.5. The third-order valence-corrected chi connectivity index (χ3v) is 3.07. The lowest BCUT2D eigenvalue weighted by Crippen LogP contribution is -2.35. The highest BCUT2D eigenvalue weighted by molar-refractivity contribution is 5.67. The molecule has 0 spiro atoms. The molecule has 0 unspecified atom stereocenters. The van der Waals surface area contributed by atoms with Gasteiger partial charge in [0.25, 0.3) is 0 Å². The van der Waals surface area contributed by atoms with Gasteiger partial charge < -0.3 is 15.2 Å². The predicted octanol–water partition coefficient (Wildman–Crippen LogP) is 2.71. The van der Waals surface area contributed by atoms with Crippen molar-refractivity contribution in [2.24, 2.45) is 5.92 Å². The van der Waals surface area contributed by atoms with Crippen LogP contribution in [0.5, 0.6) is 0 Å². The van der Waals surface area contributed by atoms with Crippen LogP contribution in [0.1, 0.15) is 32.3 Å². The Morgan fingerprint density at radius 1 is 1.37 bits per heavy atom. The lowest BCUT2D eigenvalue weighted by atomic mass is 9.99. The second kappa shape index (κ2) is 8.53. The Balaban J connectivity index is 2.21.